The fourth-order valence-corrected chi connectivity index (χ4v) is 1.46. The number of hydrogen-bond donors (Lipinski definition) is 1. The van der Waals surface area contributed by atoms with E-state index >= 15 is 0 Å². The normalized spacial score (nSPS) is 9.50. The molecule has 0 radical (unpaired) electrons. The highest BCUT2D eigenvalue weighted by molar-refractivity contribution is 5.79. The minimum absolute atomic E-state index is 0.0381. The summed E-state index contributed by atoms with van der Waals surface area (Å²) in [5.74, 6) is 2.63. The predicted molar refractivity (Wildman–Crippen MR) is 66.0 cm³/mol. The van der Waals surface area contributed by atoms with E-state index in [2.05, 4.69) is 18.2 Å². The van der Waals surface area contributed by atoms with Gasteiger partial charge < -0.3 is 5.32 Å². The maximum atomic E-state index is 11.6. The number of carbonyl (C=O) groups excluding carboxylic acids is 1. The summed E-state index contributed by atoms with van der Waals surface area (Å²) in [6.45, 7) is 2.84. The zero-order valence-electron chi connectivity index (χ0n) is 9.62. The van der Waals surface area contributed by atoms with Crippen molar-refractivity contribution in [1.82, 2.24) is 5.32 Å². The molecule has 0 bridgehead atoms. The van der Waals surface area contributed by atoms with Crippen LogP contribution in [0.15, 0.2) is 24.3 Å². The molecule has 0 saturated heterocycles. The average Bonchev–Trinajstić information content (AvgIpc) is 2.30. The highest BCUT2D eigenvalue weighted by Crippen LogP contribution is 2.07. The van der Waals surface area contributed by atoms with Crippen LogP contribution in [0.3, 0.4) is 0 Å². The van der Waals surface area contributed by atoms with E-state index in [0.29, 0.717) is 6.42 Å². The van der Waals surface area contributed by atoms with Gasteiger partial charge in [0.15, 0.2) is 0 Å². The van der Waals surface area contributed by atoms with E-state index in [1.165, 1.54) is 0 Å². The first kappa shape index (κ1) is 12.3. The number of terminal acetylenes is 1. The van der Waals surface area contributed by atoms with E-state index in [9.17, 15) is 4.79 Å². The van der Waals surface area contributed by atoms with Gasteiger partial charge in [-0.1, -0.05) is 37.5 Å². The number of unbranched alkanes of at least 4 members (excludes halogenated alkanes) is 1. The number of amides is 1. The molecule has 2 nitrogen and oxygen atoms in total. The van der Waals surface area contributed by atoms with Gasteiger partial charge in [0, 0.05) is 12.1 Å². The van der Waals surface area contributed by atoms with Crippen LogP contribution in [0.25, 0.3) is 0 Å². The Balaban J connectivity index is 2.53. The molecule has 0 atom stereocenters. The third-order valence-corrected chi connectivity index (χ3v) is 2.38. The van der Waals surface area contributed by atoms with Gasteiger partial charge in [0.2, 0.25) is 5.91 Å². The Morgan fingerprint density at radius 1 is 1.44 bits per heavy atom. The minimum Gasteiger partial charge on any atom is -0.356 e. The maximum absolute atomic E-state index is 11.6. The first-order valence-corrected chi connectivity index (χ1v) is 5.59. The van der Waals surface area contributed by atoms with Gasteiger partial charge in [-0.15, -0.1) is 6.42 Å². The average molecular weight is 215 g/mol. The van der Waals surface area contributed by atoms with E-state index in [1.807, 2.05) is 24.3 Å². The summed E-state index contributed by atoms with van der Waals surface area (Å²) in [5, 5.41) is 2.88. The molecule has 2 heteroatoms. The van der Waals surface area contributed by atoms with Crippen LogP contribution in [0.5, 0.6) is 0 Å². The molecule has 0 spiro atoms. The van der Waals surface area contributed by atoms with Crippen LogP contribution < -0.4 is 5.32 Å². The lowest BCUT2D eigenvalue weighted by molar-refractivity contribution is -0.120. The second-order valence-electron chi connectivity index (χ2n) is 3.68. The third-order valence-electron chi connectivity index (χ3n) is 2.38. The van der Waals surface area contributed by atoms with Crippen molar-refractivity contribution in [2.45, 2.75) is 26.2 Å². The van der Waals surface area contributed by atoms with Crippen molar-refractivity contribution in [3.63, 3.8) is 0 Å². The zero-order chi connectivity index (χ0) is 11.8. The van der Waals surface area contributed by atoms with E-state index in [0.717, 1.165) is 30.5 Å². The van der Waals surface area contributed by atoms with Crippen LogP contribution in [0.1, 0.15) is 30.9 Å². The molecule has 84 valence electrons. The molecule has 0 aliphatic carbocycles. The summed E-state index contributed by atoms with van der Waals surface area (Å²) >= 11 is 0. The van der Waals surface area contributed by atoms with Crippen molar-refractivity contribution in [3.8, 4) is 12.3 Å². The smallest absolute Gasteiger partial charge is 0.224 e. The SMILES string of the molecule is C#Cc1ccccc1CC(=O)NCCCC. The largest absolute Gasteiger partial charge is 0.356 e. The van der Waals surface area contributed by atoms with Crippen molar-refractivity contribution in [1.29, 1.82) is 0 Å². The van der Waals surface area contributed by atoms with Crippen molar-refractivity contribution >= 4 is 5.91 Å². The van der Waals surface area contributed by atoms with Gasteiger partial charge in [0.25, 0.3) is 0 Å². The summed E-state index contributed by atoms with van der Waals surface area (Å²) in [6.07, 6.45) is 7.83. The molecular weight excluding hydrogens is 198 g/mol. The number of carbonyl (C=O) groups is 1. The number of benzene rings is 1. The summed E-state index contributed by atoms with van der Waals surface area (Å²) in [4.78, 5) is 11.6. The Morgan fingerprint density at radius 3 is 2.88 bits per heavy atom. The van der Waals surface area contributed by atoms with E-state index < -0.39 is 0 Å². The van der Waals surface area contributed by atoms with Gasteiger partial charge in [0.05, 0.1) is 6.42 Å². The highest BCUT2D eigenvalue weighted by Gasteiger charge is 2.05. The molecule has 0 aliphatic rings. The van der Waals surface area contributed by atoms with Crippen LogP contribution in [0.2, 0.25) is 0 Å². The van der Waals surface area contributed by atoms with E-state index in [-0.39, 0.29) is 5.91 Å². The molecule has 1 aromatic carbocycles. The Morgan fingerprint density at radius 2 is 2.19 bits per heavy atom. The first-order valence-electron chi connectivity index (χ1n) is 5.59. The molecule has 0 saturated carbocycles. The zero-order valence-corrected chi connectivity index (χ0v) is 9.62. The van der Waals surface area contributed by atoms with Crippen molar-refractivity contribution in [2.24, 2.45) is 0 Å². The third kappa shape index (κ3) is 3.78. The Bertz CT molecular complexity index is 390. The van der Waals surface area contributed by atoms with Crippen LogP contribution >= 0.6 is 0 Å². The molecule has 0 heterocycles. The van der Waals surface area contributed by atoms with Crippen LogP contribution in [-0.4, -0.2) is 12.5 Å². The van der Waals surface area contributed by atoms with Gasteiger partial charge in [-0.3, -0.25) is 4.79 Å². The molecule has 0 aromatic heterocycles. The lowest BCUT2D eigenvalue weighted by Crippen LogP contribution is -2.26. The quantitative estimate of drug-likeness (QED) is 0.591. The maximum Gasteiger partial charge on any atom is 0.224 e. The van der Waals surface area contributed by atoms with E-state index in [4.69, 9.17) is 6.42 Å². The Kier molecular flexibility index (Phi) is 5.15. The van der Waals surface area contributed by atoms with Crippen molar-refractivity contribution in [3.05, 3.63) is 35.4 Å². The number of hydrogen-bond acceptors (Lipinski definition) is 1. The molecule has 16 heavy (non-hydrogen) atoms. The van der Waals surface area contributed by atoms with Crippen molar-refractivity contribution < 1.29 is 4.79 Å². The topological polar surface area (TPSA) is 29.1 Å². The number of nitrogens with one attached hydrogen (secondary N) is 1. The second-order valence-corrected chi connectivity index (χ2v) is 3.68. The molecule has 1 aromatic rings. The van der Waals surface area contributed by atoms with Gasteiger partial charge >= 0.3 is 0 Å². The molecular formula is C14H17NO. The van der Waals surface area contributed by atoms with Crippen LogP contribution in [0.4, 0.5) is 0 Å². The van der Waals surface area contributed by atoms with Gasteiger partial charge in [-0.05, 0) is 18.1 Å². The molecule has 0 aliphatic heterocycles. The van der Waals surface area contributed by atoms with E-state index in [1.54, 1.807) is 0 Å². The Labute approximate surface area is 97.1 Å². The van der Waals surface area contributed by atoms with Crippen LogP contribution in [-0.2, 0) is 11.2 Å². The molecule has 0 unspecified atom stereocenters. The van der Waals surface area contributed by atoms with Gasteiger partial charge in [-0.2, -0.15) is 0 Å². The monoisotopic (exact) mass is 215 g/mol. The van der Waals surface area contributed by atoms with Gasteiger partial charge in [0.1, 0.15) is 0 Å². The molecule has 1 rings (SSSR count). The standard InChI is InChI=1S/C14H17NO/c1-3-5-10-15-14(16)11-13-9-7-6-8-12(13)4-2/h2,6-9H,3,5,10-11H2,1H3,(H,15,16). The lowest BCUT2D eigenvalue weighted by atomic mass is 10.0. The molecule has 1 amide bonds. The first-order chi connectivity index (χ1) is 7.77. The van der Waals surface area contributed by atoms with Gasteiger partial charge in [-0.25, -0.2) is 0 Å². The summed E-state index contributed by atoms with van der Waals surface area (Å²) in [6, 6.07) is 7.53. The fourth-order valence-electron chi connectivity index (χ4n) is 1.46. The summed E-state index contributed by atoms with van der Waals surface area (Å²) < 4.78 is 0. The lowest BCUT2D eigenvalue weighted by Gasteiger charge is -2.06. The Hall–Kier alpha value is -1.75. The fraction of sp³-hybridized carbons (Fsp3) is 0.357. The molecule has 1 N–H and O–H groups in total. The summed E-state index contributed by atoms with van der Waals surface area (Å²) in [5.41, 5.74) is 1.71. The minimum atomic E-state index is 0.0381. The molecule has 0 fully saturated rings. The van der Waals surface area contributed by atoms with Crippen LogP contribution in [0, 0.1) is 12.3 Å². The van der Waals surface area contributed by atoms with Crippen molar-refractivity contribution in [2.75, 3.05) is 6.54 Å². The number of rotatable bonds is 5. The highest BCUT2D eigenvalue weighted by atomic mass is 16.1. The summed E-state index contributed by atoms with van der Waals surface area (Å²) in [7, 11) is 0. The second kappa shape index (κ2) is 6.68. The predicted octanol–water partition coefficient (Wildman–Crippen LogP) is 2.13.